The van der Waals surface area contributed by atoms with Crippen molar-refractivity contribution < 1.29 is 19.0 Å². The molecule has 2 N–H and O–H groups in total. The Balaban J connectivity index is 2.54. The summed E-state index contributed by atoms with van der Waals surface area (Å²) < 4.78 is 16.8. The number of ether oxygens (including phenoxy) is 3. The largest absolute Gasteiger partial charge is 0.436 e. The van der Waals surface area contributed by atoms with Crippen molar-refractivity contribution in [2.45, 2.75) is 72.1 Å². The number of hydrogen-bond donors (Lipinski definition) is 1. The molecule has 0 amide bonds. The van der Waals surface area contributed by atoms with Gasteiger partial charge in [0.2, 0.25) is 6.29 Å². The maximum absolute atomic E-state index is 11.8. The van der Waals surface area contributed by atoms with Crippen LogP contribution in [0.25, 0.3) is 0 Å². The fourth-order valence-electron chi connectivity index (χ4n) is 2.11. The Morgan fingerprint density at radius 2 is 2.00 bits per heavy atom. The van der Waals surface area contributed by atoms with Crippen molar-refractivity contribution in [3.8, 4) is 0 Å². The molecule has 19 heavy (non-hydrogen) atoms. The number of nitrogens with two attached hydrogens (primary N) is 1. The van der Waals surface area contributed by atoms with Crippen LogP contribution in [0.2, 0.25) is 0 Å². The molecule has 0 aromatic carbocycles. The number of carbonyl (C=O) groups excluding carboxylic acids is 1. The zero-order valence-electron chi connectivity index (χ0n) is 12.7. The van der Waals surface area contributed by atoms with Crippen LogP contribution in [0.4, 0.5) is 0 Å². The van der Waals surface area contributed by atoms with Crippen LogP contribution < -0.4 is 5.73 Å². The van der Waals surface area contributed by atoms with Gasteiger partial charge in [-0.1, -0.05) is 20.8 Å². The minimum Gasteiger partial charge on any atom is -0.436 e. The number of hydrogen-bond acceptors (Lipinski definition) is 5. The Morgan fingerprint density at radius 3 is 2.53 bits per heavy atom. The molecule has 1 fully saturated rings. The van der Waals surface area contributed by atoms with Gasteiger partial charge >= 0.3 is 5.97 Å². The van der Waals surface area contributed by atoms with Gasteiger partial charge in [-0.2, -0.15) is 0 Å². The molecule has 0 spiro atoms. The lowest BCUT2D eigenvalue weighted by Crippen LogP contribution is -2.46. The monoisotopic (exact) mass is 273 g/mol. The molecule has 1 aliphatic heterocycles. The van der Waals surface area contributed by atoms with E-state index in [2.05, 4.69) is 0 Å². The van der Waals surface area contributed by atoms with Crippen LogP contribution >= 0.6 is 0 Å². The van der Waals surface area contributed by atoms with Crippen molar-refractivity contribution in [1.82, 2.24) is 0 Å². The second kappa shape index (κ2) is 6.20. The van der Waals surface area contributed by atoms with E-state index in [4.69, 9.17) is 19.9 Å². The zero-order chi connectivity index (χ0) is 14.7. The van der Waals surface area contributed by atoms with Gasteiger partial charge in [0.1, 0.15) is 0 Å². The summed E-state index contributed by atoms with van der Waals surface area (Å²) in [6.07, 6.45) is 1.07. The Kier molecular flexibility index (Phi) is 5.35. The Bertz CT molecular complexity index is 309. The lowest BCUT2D eigenvalue weighted by molar-refractivity contribution is -0.343. The molecule has 2 atom stereocenters. The molecule has 0 aromatic rings. The highest BCUT2D eigenvalue weighted by Gasteiger charge is 2.37. The van der Waals surface area contributed by atoms with Gasteiger partial charge < -0.3 is 19.9 Å². The predicted octanol–water partition coefficient (Wildman–Crippen LogP) is 2.18. The second-order valence-electron chi connectivity index (χ2n) is 6.73. The normalized spacial score (nSPS) is 27.1. The van der Waals surface area contributed by atoms with Gasteiger partial charge in [-0.15, -0.1) is 0 Å². The van der Waals surface area contributed by atoms with Crippen LogP contribution in [-0.4, -0.2) is 30.7 Å². The van der Waals surface area contributed by atoms with E-state index in [-0.39, 0.29) is 17.5 Å². The van der Waals surface area contributed by atoms with Crippen LogP contribution in [0.15, 0.2) is 0 Å². The lowest BCUT2D eigenvalue weighted by Gasteiger charge is -2.40. The smallest absolute Gasteiger partial charge is 0.308 e. The van der Waals surface area contributed by atoms with Crippen LogP contribution in [0.3, 0.4) is 0 Å². The summed E-state index contributed by atoms with van der Waals surface area (Å²) in [7, 11) is 0. The topological polar surface area (TPSA) is 70.8 Å². The molecule has 0 aliphatic carbocycles. The van der Waals surface area contributed by atoms with E-state index in [0.717, 1.165) is 6.42 Å². The quantitative estimate of drug-likeness (QED) is 0.795. The van der Waals surface area contributed by atoms with Crippen molar-refractivity contribution in [2.24, 2.45) is 11.1 Å². The van der Waals surface area contributed by atoms with Crippen LogP contribution in [0, 0.1) is 5.41 Å². The maximum atomic E-state index is 11.8. The third-order valence-electron chi connectivity index (χ3n) is 2.75. The Labute approximate surface area is 115 Å². The van der Waals surface area contributed by atoms with E-state index in [9.17, 15) is 4.79 Å². The highest BCUT2D eigenvalue weighted by molar-refractivity contribution is 5.70. The van der Waals surface area contributed by atoms with Gasteiger partial charge in [0.05, 0.1) is 12.5 Å². The van der Waals surface area contributed by atoms with Crippen LogP contribution in [-0.2, 0) is 19.0 Å². The van der Waals surface area contributed by atoms with Gasteiger partial charge in [-0.3, -0.25) is 4.79 Å². The first-order valence-electron chi connectivity index (χ1n) is 6.86. The Morgan fingerprint density at radius 1 is 1.37 bits per heavy atom. The van der Waals surface area contributed by atoms with E-state index in [1.807, 2.05) is 34.6 Å². The van der Waals surface area contributed by atoms with Gasteiger partial charge in [0, 0.05) is 6.42 Å². The van der Waals surface area contributed by atoms with Gasteiger partial charge in [0.25, 0.3) is 0 Å². The molecule has 112 valence electrons. The van der Waals surface area contributed by atoms with Crippen LogP contribution in [0.5, 0.6) is 0 Å². The lowest BCUT2D eigenvalue weighted by atomic mass is 9.92. The van der Waals surface area contributed by atoms with E-state index in [0.29, 0.717) is 19.4 Å². The molecule has 0 saturated carbocycles. The van der Waals surface area contributed by atoms with E-state index in [1.54, 1.807) is 0 Å². The summed E-state index contributed by atoms with van der Waals surface area (Å²) in [5.41, 5.74) is 5.46. The fraction of sp³-hybridized carbons (Fsp3) is 0.929. The van der Waals surface area contributed by atoms with Crippen LogP contribution in [0.1, 0.15) is 53.9 Å². The molecule has 5 nitrogen and oxygen atoms in total. The summed E-state index contributed by atoms with van der Waals surface area (Å²) in [4.78, 5) is 11.8. The molecule has 1 rings (SSSR count). The summed E-state index contributed by atoms with van der Waals surface area (Å²) in [6.45, 7) is 10.2. The van der Waals surface area contributed by atoms with E-state index >= 15 is 0 Å². The SMILES string of the molecule is CC(C)(C)CC(=O)O[C@@H]1C[C@@H](CCN)OC(C)(C)O1. The third-order valence-corrected chi connectivity index (χ3v) is 2.75. The first kappa shape index (κ1) is 16.4. The van der Waals surface area contributed by atoms with Crippen molar-refractivity contribution in [1.29, 1.82) is 0 Å². The van der Waals surface area contributed by atoms with Crippen molar-refractivity contribution in [2.75, 3.05) is 6.54 Å². The third kappa shape index (κ3) is 6.36. The molecular formula is C14H27NO4. The molecule has 0 bridgehead atoms. The number of esters is 1. The first-order chi connectivity index (χ1) is 8.61. The maximum Gasteiger partial charge on any atom is 0.308 e. The average Bonchev–Trinajstić information content (AvgIpc) is 2.10. The molecule has 0 unspecified atom stereocenters. The highest BCUT2D eigenvalue weighted by Crippen LogP contribution is 2.29. The number of carbonyl (C=O) groups is 1. The molecular weight excluding hydrogens is 246 g/mol. The summed E-state index contributed by atoms with van der Waals surface area (Å²) in [6, 6.07) is 0. The predicted molar refractivity (Wildman–Crippen MR) is 72.3 cm³/mol. The minimum absolute atomic E-state index is 0.0267. The van der Waals surface area contributed by atoms with Gasteiger partial charge in [-0.25, -0.2) is 0 Å². The van der Waals surface area contributed by atoms with Crippen molar-refractivity contribution >= 4 is 5.97 Å². The second-order valence-corrected chi connectivity index (χ2v) is 6.73. The van der Waals surface area contributed by atoms with Gasteiger partial charge in [-0.05, 0) is 32.2 Å². The molecule has 1 heterocycles. The van der Waals surface area contributed by atoms with E-state index < -0.39 is 12.1 Å². The summed E-state index contributed by atoms with van der Waals surface area (Å²) in [5, 5.41) is 0. The highest BCUT2D eigenvalue weighted by atomic mass is 16.8. The molecule has 0 radical (unpaired) electrons. The van der Waals surface area contributed by atoms with E-state index in [1.165, 1.54) is 0 Å². The molecule has 1 aliphatic rings. The molecule has 0 aromatic heterocycles. The van der Waals surface area contributed by atoms with Crippen molar-refractivity contribution in [3.63, 3.8) is 0 Å². The average molecular weight is 273 g/mol. The first-order valence-corrected chi connectivity index (χ1v) is 6.86. The molecule has 5 heteroatoms. The van der Waals surface area contributed by atoms with Gasteiger partial charge in [0.15, 0.2) is 5.79 Å². The molecule has 1 saturated heterocycles. The number of rotatable bonds is 4. The minimum atomic E-state index is -0.745. The fourth-order valence-corrected chi connectivity index (χ4v) is 2.11. The standard InChI is InChI=1S/C14H27NO4/c1-13(2,3)9-11(16)17-12-8-10(6-7-15)18-14(4,5)19-12/h10,12H,6-9,15H2,1-5H3/t10-,12+/m1/s1. The zero-order valence-corrected chi connectivity index (χ0v) is 12.7. The summed E-state index contributed by atoms with van der Waals surface area (Å²) >= 11 is 0. The summed E-state index contributed by atoms with van der Waals surface area (Å²) in [5.74, 6) is -0.980. The Hall–Kier alpha value is -0.650. The van der Waals surface area contributed by atoms with Crippen molar-refractivity contribution in [3.05, 3.63) is 0 Å².